The average molecular weight is 309 g/mol. The van der Waals surface area contributed by atoms with Crippen molar-refractivity contribution in [2.75, 3.05) is 26.2 Å². The molecule has 1 fully saturated rings. The molecule has 0 bridgehead atoms. The van der Waals surface area contributed by atoms with Crippen molar-refractivity contribution in [2.24, 2.45) is 0 Å². The molecule has 1 N–H and O–H groups in total. The van der Waals surface area contributed by atoms with Gasteiger partial charge in [0.05, 0.1) is 25.2 Å². The Kier molecular flexibility index (Phi) is 7.40. The maximum Gasteiger partial charge on any atom is 0.307 e. The Morgan fingerprint density at radius 3 is 2.59 bits per heavy atom. The number of esters is 1. The van der Waals surface area contributed by atoms with Gasteiger partial charge in [0.25, 0.3) is 5.91 Å². The second kappa shape index (κ2) is 9.05. The number of amides is 1. The van der Waals surface area contributed by atoms with E-state index in [9.17, 15) is 9.59 Å². The van der Waals surface area contributed by atoms with Crippen molar-refractivity contribution in [1.82, 2.24) is 10.2 Å². The second-order valence-corrected chi connectivity index (χ2v) is 5.15. The van der Waals surface area contributed by atoms with Crippen molar-refractivity contribution in [3.05, 3.63) is 11.8 Å². The molecule has 1 amide bonds. The van der Waals surface area contributed by atoms with E-state index in [2.05, 4.69) is 5.32 Å². The fourth-order valence-electron chi connectivity index (χ4n) is 2.24. The first-order valence-electron chi connectivity index (χ1n) is 7.41. The van der Waals surface area contributed by atoms with Gasteiger partial charge in [-0.15, -0.1) is 0 Å². The summed E-state index contributed by atoms with van der Waals surface area (Å²) in [6.07, 6.45) is 1.43. The Balaban J connectivity index is 2.52. The molecule has 0 radical (unpaired) electrons. The van der Waals surface area contributed by atoms with Crippen LogP contribution in [0.1, 0.15) is 27.2 Å². The highest BCUT2D eigenvalue weighted by molar-refractivity contribution is 5.97. The number of carbonyl (C=O) groups excluding carboxylic acids is 2. The van der Waals surface area contributed by atoms with Crippen molar-refractivity contribution >= 4 is 11.9 Å². The van der Waals surface area contributed by atoms with Crippen molar-refractivity contribution in [3.63, 3.8) is 0 Å². The molecule has 0 aromatic rings. The quantitative estimate of drug-likeness (QED) is 0.334. The third kappa shape index (κ3) is 5.74. The number of hydrogen-bond acceptors (Lipinski definition) is 6. The largest absolute Gasteiger partial charge is 0.466 e. The normalized spacial score (nSPS) is 21.9. The molecule has 2 unspecified atom stereocenters. The van der Waals surface area contributed by atoms with E-state index >= 15 is 0 Å². The SMILES string of the molecule is CCOC(=O)CCN/C=C(/C#N)C(=O)N1CC(C)OC(C)C1. The van der Waals surface area contributed by atoms with E-state index in [4.69, 9.17) is 14.7 Å². The van der Waals surface area contributed by atoms with Crippen LogP contribution in [0, 0.1) is 11.3 Å². The van der Waals surface area contributed by atoms with Gasteiger partial charge >= 0.3 is 5.97 Å². The van der Waals surface area contributed by atoms with Crippen LogP contribution in [0.15, 0.2) is 11.8 Å². The molecule has 0 spiro atoms. The minimum absolute atomic E-state index is 0.0187. The summed E-state index contributed by atoms with van der Waals surface area (Å²) in [4.78, 5) is 25.1. The van der Waals surface area contributed by atoms with Crippen LogP contribution in [0.5, 0.6) is 0 Å². The zero-order valence-electron chi connectivity index (χ0n) is 13.3. The maximum atomic E-state index is 12.3. The first kappa shape index (κ1) is 18.0. The highest BCUT2D eigenvalue weighted by Crippen LogP contribution is 2.13. The average Bonchev–Trinajstić information content (AvgIpc) is 2.46. The van der Waals surface area contributed by atoms with Gasteiger partial charge in [0.1, 0.15) is 11.6 Å². The van der Waals surface area contributed by atoms with Crippen LogP contribution in [0.25, 0.3) is 0 Å². The first-order chi connectivity index (χ1) is 10.5. The minimum atomic E-state index is -0.326. The van der Waals surface area contributed by atoms with Gasteiger partial charge in [0, 0.05) is 25.8 Å². The molecule has 0 aromatic carbocycles. The summed E-state index contributed by atoms with van der Waals surface area (Å²) >= 11 is 0. The zero-order valence-corrected chi connectivity index (χ0v) is 13.3. The third-order valence-electron chi connectivity index (χ3n) is 3.08. The van der Waals surface area contributed by atoms with E-state index in [0.717, 1.165) is 0 Å². The van der Waals surface area contributed by atoms with Crippen molar-refractivity contribution < 1.29 is 19.1 Å². The van der Waals surface area contributed by atoms with Crippen molar-refractivity contribution in [1.29, 1.82) is 5.26 Å². The summed E-state index contributed by atoms with van der Waals surface area (Å²) in [5.74, 6) is -0.641. The lowest BCUT2D eigenvalue weighted by Crippen LogP contribution is -2.48. The van der Waals surface area contributed by atoms with Crippen LogP contribution >= 0.6 is 0 Å². The Morgan fingerprint density at radius 1 is 1.41 bits per heavy atom. The lowest BCUT2D eigenvalue weighted by molar-refractivity contribution is -0.142. The Bertz CT molecular complexity index is 460. The molecule has 7 nitrogen and oxygen atoms in total. The molecule has 0 saturated carbocycles. The van der Waals surface area contributed by atoms with Gasteiger partial charge < -0.3 is 19.7 Å². The van der Waals surface area contributed by atoms with E-state index in [1.54, 1.807) is 11.8 Å². The Morgan fingerprint density at radius 2 is 2.05 bits per heavy atom. The fourth-order valence-corrected chi connectivity index (χ4v) is 2.24. The number of nitrogens with zero attached hydrogens (tertiary/aromatic N) is 2. The van der Waals surface area contributed by atoms with E-state index in [-0.39, 0.29) is 36.1 Å². The summed E-state index contributed by atoms with van der Waals surface area (Å²) in [6.45, 7) is 7.10. The molecular weight excluding hydrogens is 286 g/mol. The standard InChI is InChI=1S/C15H23N3O4/c1-4-21-14(19)5-6-17-8-13(7-16)15(20)18-9-11(2)22-12(3)10-18/h8,11-12,17H,4-6,9-10H2,1-3H3/b13-8-. The lowest BCUT2D eigenvalue weighted by Gasteiger charge is -2.35. The predicted molar refractivity (Wildman–Crippen MR) is 79.5 cm³/mol. The van der Waals surface area contributed by atoms with Gasteiger partial charge in [-0.25, -0.2) is 0 Å². The van der Waals surface area contributed by atoms with Crippen molar-refractivity contribution in [3.8, 4) is 6.07 Å². The van der Waals surface area contributed by atoms with Crippen LogP contribution in [0.2, 0.25) is 0 Å². The molecule has 1 aliphatic rings. The molecule has 0 aliphatic carbocycles. The van der Waals surface area contributed by atoms with E-state index in [1.165, 1.54) is 6.20 Å². The minimum Gasteiger partial charge on any atom is -0.466 e. The summed E-state index contributed by atoms with van der Waals surface area (Å²) in [5.41, 5.74) is 0.0187. The summed E-state index contributed by atoms with van der Waals surface area (Å²) in [7, 11) is 0. The Hall–Kier alpha value is -2.07. The molecule has 1 saturated heterocycles. The van der Waals surface area contributed by atoms with Crippen molar-refractivity contribution in [2.45, 2.75) is 39.4 Å². The predicted octanol–water partition coefficient (Wildman–Crippen LogP) is 0.572. The molecule has 122 valence electrons. The van der Waals surface area contributed by atoms with Gasteiger partial charge in [-0.2, -0.15) is 5.26 Å². The molecule has 0 aromatic heterocycles. The summed E-state index contributed by atoms with van der Waals surface area (Å²) < 4.78 is 10.4. The number of rotatable bonds is 6. The number of nitriles is 1. The maximum absolute atomic E-state index is 12.3. The molecule has 2 atom stereocenters. The number of ether oxygens (including phenoxy) is 2. The van der Waals surface area contributed by atoms with Crippen LogP contribution in [0.3, 0.4) is 0 Å². The Labute approximate surface area is 130 Å². The monoisotopic (exact) mass is 309 g/mol. The molecule has 1 heterocycles. The molecule has 1 aliphatic heterocycles. The van der Waals surface area contributed by atoms with Gasteiger partial charge in [0.15, 0.2) is 0 Å². The van der Waals surface area contributed by atoms with Gasteiger partial charge in [-0.05, 0) is 20.8 Å². The second-order valence-electron chi connectivity index (χ2n) is 5.15. The fraction of sp³-hybridized carbons (Fsp3) is 0.667. The van der Waals surface area contributed by atoms with Crippen LogP contribution in [-0.4, -0.2) is 55.2 Å². The van der Waals surface area contributed by atoms with Crippen LogP contribution < -0.4 is 5.32 Å². The van der Waals surface area contributed by atoms with Crippen LogP contribution in [0.4, 0.5) is 0 Å². The highest BCUT2D eigenvalue weighted by Gasteiger charge is 2.27. The van der Waals surface area contributed by atoms with E-state index in [1.807, 2.05) is 19.9 Å². The number of carbonyl (C=O) groups is 2. The number of nitrogens with one attached hydrogen (secondary N) is 1. The lowest BCUT2D eigenvalue weighted by atomic mass is 10.2. The highest BCUT2D eigenvalue weighted by atomic mass is 16.5. The third-order valence-corrected chi connectivity index (χ3v) is 3.08. The van der Waals surface area contributed by atoms with Crippen LogP contribution in [-0.2, 0) is 19.1 Å². The molecule has 7 heteroatoms. The number of morpholine rings is 1. The van der Waals surface area contributed by atoms with E-state index < -0.39 is 0 Å². The smallest absolute Gasteiger partial charge is 0.307 e. The molecule has 22 heavy (non-hydrogen) atoms. The van der Waals surface area contributed by atoms with Gasteiger partial charge in [-0.3, -0.25) is 9.59 Å². The topological polar surface area (TPSA) is 91.7 Å². The van der Waals surface area contributed by atoms with E-state index in [0.29, 0.717) is 26.2 Å². The first-order valence-corrected chi connectivity index (χ1v) is 7.41. The molecular formula is C15H23N3O4. The summed E-state index contributed by atoms with van der Waals surface area (Å²) in [5, 5.41) is 11.9. The molecule has 1 rings (SSSR count). The zero-order chi connectivity index (χ0) is 16.5. The van der Waals surface area contributed by atoms with Gasteiger partial charge in [-0.1, -0.05) is 0 Å². The van der Waals surface area contributed by atoms with Gasteiger partial charge in [0.2, 0.25) is 0 Å². The summed E-state index contributed by atoms with van der Waals surface area (Å²) in [6, 6.07) is 1.89. The number of hydrogen-bond donors (Lipinski definition) is 1.